The van der Waals surface area contributed by atoms with E-state index in [1.807, 2.05) is 5.32 Å². The Bertz CT molecular complexity index is 1060. The van der Waals surface area contributed by atoms with Crippen LogP contribution in [0.15, 0.2) is 17.2 Å². The summed E-state index contributed by atoms with van der Waals surface area (Å²) in [5.41, 5.74) is -0.930. The van der Waals surface area contributed by atoms with Crippen LogP contribution >= 0.6 is 0 Å². The molecule has 0 bridgehead atoms. The molecule has 7 nitrogen and oxygen atoms in total. The quantitative estimate of drug-likeness (QED) is 0.563. The van der Waals surface area contributed by atoms with Crippen molar-refractivity contribution >= 4 is 21.6 Å². The topological polar surface area (TPSA) is 84.3 Å². The summed E-state index contributed by atoms with van der Waals surface area (Å²) >= 11 is 0. The average Bonchev–Trinajstić information content (AvgIpc) is 3.11. The normalized spacial score (nSPS) is 17.9. The number of piperidine rings is 1. The molecular formula is C18H20F4N4O3S. The maximum Gasteiger partial charge on any atom is 0.246 e. The fourth-order valence-corrected chi connectivity index (χ4v) is 5.03. The Morgan fingerprint density at radius 1 is 1.23 bits per heavy atom. The molecular weight excluding hydrogens is 428 g/mol. The summed E-state index contributed by atoms with van der Waals surface area (Å²) in [5.74, 6) is -8.66. The van der Waals surface area contributed by atoms with Crippen molar-refractivity contribution < 1.29 is 30.8 Å². The molecule has 164 valence electrons. The van der Waals surface area contributed by atoms with Crippen LogP contribution in [0, 0.1) is 36.1 Å². The van der Waals surface area contributed by atoms with Crippen LogP contribution in [0.2, 0.25) is 0 Å². The summed E-state index contributed by atoms with van der Waals surface area (Å²) in [6, 6.07) is 0.0358. The predicted molar refractivity (Wildman–Crippen MR) is 99.0 cm³/mol. The van der Waals surface area contributed by atoms with E-state index in [0.29, 0.717) is 18.7 Å². The SMILES string of the molecule is CCn1cc(S(=O)(=O)N2CCCC(C(=O)Nc3c(F)c(F)cc(F)c3F)C2)c(C)n1. The van der Waals surface area contributed by atoms with Gasteiger partial charge in [-0.25, -0.2) is 26.0 Å². The predicted octanol–water partition coefficient (Wildman–Crippen LogP) is 2.81. The minimum Gasteiger partial charge on any atom is -0.321 e. The second-order valence-corrected chi connectivity index (χ2v) is 8.88. The molecule has 1 aromatic carbocycles. The van der Waals surface area contributed by atoms with Gasteiger partial charge in [0.15, 0.2) is 23.3 Å². The summed E-state index contributed by atoms with van der Waals surface area (Å²) in [5, 5.41) is 5.97. The third-order valence-electron chi connectivity index (χ3n) is 4.96. The minimum absolute atomic E-state index is 0.00898. The molecule has 0 radical (unpaired) electrons. The van der Waals surface area contributed by atoms with E-state index in [0.717, 1.165) is 4.31 Å². The Hall–Kier alpha value is -2.47. The highest BCUT2D eigenvalue weighted by Gasteiger charge is 2.35. The van der Waals surface area contributed by atoms with E-state index in [1.54, 1.807) is 13.8 Å². The van der Waals surface area contributed by atoms with Gasteiger partial charge in [0, 0.05) is 31.9 Å². The van der Waals surface area contributed by atoms with Crippen LogP contribution in [0.5, 0.6) is 0 Å². The van der Waals surface area contributed by atoms with Gasteiger partial charge in [0.05, 0.1) is 11.6 Å². The molecule has 1 fully saturated rings. The number of hydrogen-bond donors (Lipinski definition) is 1. The fourth-order valence-electron chi connectivity index (χ4n) is 3.34. The van der Waals surface area contributed by atoms with Gasteiger partial charge in [0.25, 0.3) is 0 Å². The van der Waals surface area contributed by atoms with Crippen LogP contribution in [0.4, 0.5) is 23.2 Å². The van der Waals surface area contributed by atoms with E-state index in [2.05, 4.69) is 5.10 Å². The van der Waals surface area contributed by atoms with Crippen LogP contribution in [-0.2, 0) is 21.4 Å². The van der Waals surface area contributed by atoms with E-state index in [1.165, 1.54) is 10.9 Å². The maximum absolute atomic E-state index is 13.8. The van der Waals surface area contributed by atoms with E-state index < -0.39 is 50.8 Å². The molecule has 30 heavy (non-hydrogen) atoms. The van der Waals surface area contributed by atoms with Gasteiger partial charge in [-0.2, -0.15) is 9.40 Å². The summed E-state index contributed by atoms with van der Waals surface area (Å²) in [6.45, 7) is 3.74. The van der Waals surface area contributed by atoms with E-state index in [-0.39, 0.29) is 30.5 Å². The number of nitrogens with one attached hydrogen (secondary N) is 1. The van der Waals surface area contributed by atoms with Crippen molar-refractivity contribution in [3.05, 3.63) is 41.2 Å². The molecule has 12 heteroatoms. The molecule has 1 atom stereocenters. The Balaban J connectivity index is 1.81. The maximum atomic E-state index is 13.8. The van der Waals surface area contributed by atoms with Crippen molar-refractivity contribution in [3.63, 3.8) is 0 Å². The van der Waals surface area contributed by atoms with Gasteiger partial charge in [-0.05, 0) is 26.7 Å². The molecule has 1 unspecified atom stereocenters. The van der Waals surface area contributed by atoms with Crippen molar-refractivity contribution in [3.8, 4) is 0 Å². The number of anilines is 1. The second-order valence-electron chi connectivity index (χ2n) is 6.97. The first-order valence-electron chi connectivity index (χ1n) is 9.24. The van der Waals surface area contributed by atoms with Crippen molar-refractivity contribution in [1.82, 2.24) is 14.1 Å². The largest absolute Gasteiger partial charge is 0.321 e. The number of benzene rings is 1. The van der Waals surface area contributed by atoms with E-state index in [9.17, 15) is 30.8 Å². The number of sulfonamides is 1. The Labute approximate surface area is 170 Å². The summed E-state index contributed by atoms with van der Waals surface area (Å²) in [6.07, 6.45) is 1.96. The number of nitrogens with zero attached hydrogens (tertiary/aromatic N) is 3. The summed E-state index contributed by atoms with van der Waals surface area (Å²) < 4.78 is 82.9. The lowest BCUT2D eigenvalue weighted by Gasteiger charge is -2.31. The number of carbonyl (C=O) groups excluding carboxylic acids is 1. The number of aromatic nitrogens is 2. The number of rotatable bonds is 5. The monoisotopic (exact) mass is 448 g/mol. The number of carbonyl (C=O) groups is 1. The third kappa shape index (κ3) is 4.06. The van der Waals surface area contributed by atoms with E-state index >= 15 is 0 Å². The van der Waals surface area contributed by atoms with Gasteiger partial charge in [-0.15, -0.1) is 0 Å². The highest BCUT2D eigenvalue weighted by atomic mass is 32.2. The molecule has 2 heterocycles. The highest BCUT2D eigenvalue weighted by Crippen LogP contribution is 2.28. The van der Waals surface area contributed by atoms with Gasteiger partial charge in [0.1, 0.15) is 10.6 Å². The molecule has 1 aliphatic heterocycles. The van der Waals surface area contributed by atoms with Crippen molar-refractivity contribution in [1.29, 1.82) is 0 Å². The minimum atomic E-state index is -3.95. The van der Waals surface area contributed by atoms with Crippen LogP contribution in [0.3, 0.4) is 0 Å². The van der Waals surface area contributed by atoms with Gasteiger partial charge in [-0.1, -0.05) is 0 Å². The number of aryl methyl sites for hydroxylation is 2. The lowest BCUT2D eigenvalue weighted by atomic mass is 9.98. The molecule has 2 aromatic rings. The molecule has 1 saturated heterocycles. The lowest BCUT2D eigenvalue weighted by molar-refractivity contribution is -0.120. The third-order valence-corrected chi connectivity index (χ3v) is 6.93. The average molecular weight is 448 g/mol. The molecule has 1 aliphatic rings. The zero-order valence-electron chi connectivity index (χ0n) is 16.3. The smallest absolute Gasteiger partial charge is 0.246 e. The molecule has 3 rings (SSSR count). The highest BCUT2D eigenvalue weighted by molar-refractivity contribution is 7.89. The number of halogens is 4. The van der Waals surface area contributed by atoms with Crippen LogP contribution in [-0.4, -0.2) is 41.5 Å². The molecule has 0 saturated carbocycles. The molecule has 1 amide bonds. The Morgan fingerprint density at radius 2 is 1.87 bits per heavy atom. The molecule has 0 spiro atoms. The summed E-state index contributed by atoms with van der Waals surface area (Å²) in [4.78, 5) is 12.5. The van der Waals surface area contributed by atoms with Crippen molar-refractivity contribution in [2.24, 2.45) is 5.92 Å². The molecule has 1 N–H and O–H groups in total. The van der Waals surface area contributed by atoms with Crippen molar-refractivity contribution in [2.75, 3.05) is 18.4 Å². The zero-order chi connectivity index (χ0) is 22.2. The second kappa shape index (κ2) is 8.34. The molecule has 0 aliphatic carbocycles. The van der Waals surface area contributed by atoms with Crippen molar-refractivity contribution in [2.45, 2.75) is 38.1 Å². The summed E-state index contributed by atoms with van der Waals surface area (Å²) in [7, 11) is -3.95. The van der Waals surface area contributed by atoms with Gasteiger partial charge in [0.2, 0.25) is 15.9 Å². The van der Waals surface area contributed by atoms with Crippen LogP contribution in [0.1, 0.15) is 25.5 Å². The Kier molecular flexibility index (Phi) is 6.18. The fraction of sp³-hybridized carbons (Fsp3) is 0.444. The van der Waals surface area contributed by atoms with Crippen LogP contribution in [0.25, 0.3) is 0 Å². The zero-order valence-corrected chi connectivity index (χ0v) is 17.1. The number of amides is 1. The van der Waals surface area contributed by atoms with E-state index in [4.69, 9.17) is 0 Å². The van der Waals surface area contributed by atoms with Gasteiger partial charge >= 0.3 is 0 Å². The first kappa shape index (κ1) is 22.2. The Morgan fingerprint density at radius 3 is 2.43 bits per heavy atom. The van der Waals surface area contributed by atoms with Gasteiger partial charge < -0.3 is 5.32 Å². The lowest BCUT2D eigenvalue weighted by Crippen LogP contribution is -2.44. The molecule has 1 aromatic heterocycles. The van der Waals surface area contributed by atoms with Gasteiger partial charge in [-0.3, -0.25) is 9.48 Å². The standard InChI is InChI=1S/C18H20F4N4O3S/c1-3-25-9-14(10(2)24-25)30(28,29)26-6-4-5-11(8-26)18(27)23-17-15(21)12(19)7-13(20)16(17)22/h7,9,11H,3-6,8H2,1-2H3,(H,23,27). The first-order chi connectivity index (χ1) is 14.1. The first-order valence-corrected chi connectivity index (χ1v) is 10.7. The van der Waals surface area contributed by atoms with Crippen LogP contribution < -0.4 is 5.32 Å². The number of hydrogen-bond acceptors (Lipinski definition) is 4.